The number of aryl methyl sites for hydroxylation is 1. The summed E-state index contributed by atoms with van der Waals surface area (Å²) in [5.41, 5.74) is 4.44. The Morgan fingerprint density at radius 3 is 2.66 bits per heavy atom. The number of carbonyl (C=O) groups is 1. The van der Waals surface area contributed by atoms with Crippen molar-refractivity contribution in [3.8, 4) is 5.75 Å². The quantitative estimate of drug-likeness (QED) is 0.436. The van der Waals surface area contributed by atoms with Gasteiger partial charge in [0.05, 0.1) is 5.69 Å². The van der Waals surface area contributed by atoms with Crippen molar-refractivity contribution in [3.63, 3.8) is 0 Å². The van der Waals surface area contributed by atoms with E-state index in [2.05, 4.69) is 15.6 Å². The summed E-state index contributed by atoms with van der Waals surface area (Å²) in [6.07, 6.45) is 8.13. The van der Waals surface area contributed by atoms with Gasteiger partial charge in [-0.1, -0.05) is 37.8 Å². The molecule has 32 heavy (non-hydrogen) atoms. The fraction of sp³-hybridized carbons (Fsp3) is 0.333. The molecule has 0 bridgehead atoms. The first-order valence-electron chi connectivity index (χ1n) is 11.5. The molecular formula is C27H31N3O2. The number of nitrogens with zero attached hydrogens (tertiary/aromatic N) is 1. The Bertz CT molecular complexity index is 1030. The molecular weight excluding hydrogens is 398 g/mol. The molecule has 1 aliphatic carbocycles. The summed E-state index contributed by atoms with van der Waals surface area (Å²) in [5.74, 6) is 1.60. The van der Waals surface area contributed by atoms with Crippen LogP contribution in [0.4, 0.5) is 11.4 Å². The first kappa shape index (κ1) is 21.9. The molecule has 0 aliphatic heterocycles. The van der Waals surface area contributed by atoms with Crippen molar-refractivity contribution in [1.82, 2.24) is 10.3 Å². The Hall–Kier alpha value is -3.34. The van der Waals surface area contributed by atoms with E-state index in [9.17, 15) is 4.79 Å². The minimum atomic E-state index is -0.0129. The van der Waals surface area contributed by atoms with Gasteiger partial charge in [-0.25, -0.2) is 0 Å². The first-order valence-corrected chi connectivity index (χ1v) is 11.5. The molecule has 2 aromatic carbocycles. The first-order chi connectivity index (χ1) is 15.7. The summed E-state index contributed by atoms with van der Waals surface area (Å²) in [5, 5.41) is 6.47. The molecule has 1 aromatic heterocycles. The van der Waals surface area contributed by atoms with E-state index in [-0.39, 0.29) is 5.91 Å². The van der Waals surface area contributed by atoms with Crippen molar-refractivity contribution < 1.29 is 9.53 Å². The monoisotopic (exact) mass is 429 g/mol. The zero-order chi connectivity index (χ0) is 22.2. The molecule has 0 saturated heterocycles. The maximum absolute atomic E-state index is 12.6. The largest absolute Gasteiger partial charge is 0.487 e. The number of rotatable bonds is 9. The van der Waals surface area contributed by atoms with Crippen LogP contribution in [0.5, 0.6) is 5.75 Å². The lowest BCUT2D eigenvalue weighted by Gasteiger charge is -2.13. The van der Waals surface area contributed by atoms with Gasteiger partial charge in [0.25, 0.3) is 5.91 Å². The number of hydrogen-bond donors (Lipinski definition) is 2. The van der Waals surface area contributed by atoms with E-state index < -0.39 is 0 Å². The summed E-state index contributed by atoms with van der Waals surface area (Å²) in [6, 6.07) is 19.4. The number of anilines is 2. The Morgan fingerprint density at radius 2 is 1.88 bits per heavy atom. The van der Waals surface area contributed by atoms with E-state index in [1.54, 1.807) is 6.20 Å². The molecule has 1 fully saturated rings. The number of amides is 1. The Morgan fingerprint density at radius 1 is 1.03 bits per heavy atom. The number of pyridine rings is 1. The number of ether oxygens (including phenoxy) is 1. The van der Waals surface area contributed by atoms with Gasteiger partial charge in [-0.2, -0.15) is 0 Å². The SMILES string of the molecule is Cc1cc(Nc2cccc(C(=O)NCCC3CCCC3)c2)ccc1OCc1ccccn1. The molecule has 1 saturated carbocycles. The number of aromatic nitrogens is 1. The van der Waals surface area contributed by atoms with Crippen molar-refractivity contribution in [2.24, 2.45) is 5.92 Å². The van der Waals surface area contributed by atoms with Gasteiger partial charge in [0.1, 0.15) is 12.4 Å². The van der Waals surface area contributed by atoms with Crippen LogP contribution in [-0.4, -0.2) is 17.4 Å². The van der Waals surface area contributed by atoms with Gasteiger partial charge in [0.2, 0.25) is 0 Å². The van der Waals surface area contributed by atoms with E-state index in [0.29, 0.717) is 12.2 Å². The molecule has 1 amide bonds. The fourth-order valence-corrected chi connectivity index (χ4v) is 4.22. The van der Waals surface area contributed by atoms with Gasteiger partial charge in [-0.3, -0.25) is 9.78 Å². The third kappa shape index (κ3) is 6.10. The number of hydrogen-bond acceptors (Lipinski definition) is 4. The van der Waals surface area contributed by atoms with Crippen LogP contribution in [0.3, 0.4) is 0 Å². The topological polar surface area (TPSA) is 63.2 Å². The molecule has 0 unspecified atom stereocenters. The second kappa shape index (κ2) is 10.8. The van der Waals surface area contributed by atoms with Gasteiger partial charge < -0.3 is 15.4 Å². The number of carbonyl (C=O) groups excluding carboxylic acids is 1. The van der Waals surface area contributed by atoms with E-state index in [0.717, 1.165) is 47.3 Å². The lowest BCUT2D eigenvalue weighted by molar-refractivity contribution is 0.0951. The van der Waals surface area contributed by atoms with Crippen LogP contribution in [0.15, 0.2) is 66.9 Å². The summed E-state index contributed by atoms with van der Waals surface area (Å²) in [7, 11) is 0. The van der Waals surface area contributed by atoms with Crippen molar-refractivity contribution in [1.29, 1.82) is 0 Å². The minimum absolute atomic E-state index is 0.0129. The van der Waals surface area contributed by atoms with Gasteiger partial charge in [-0.05, 0) is 73.4 Å². The van der Waals surface area contributed by atoms with Crippen LogP contribution in [0.2, 0.25) is 0 Å². The molecule has 0 radical (unpaired) electrons. The lowest BCUT2D eigenvalue weighted by Crippen LogP contribution is -2.25. The lowest BCUT2D eigenvalue weighted by atomic mass is 10.0. The molecule has 0 atom stereocenters. The van der Waals surface area contributed by atoms with E-state index >= 15 is 0 Å². The smallest absolute Gasteiger partial charge is 0.251 e. The van der Waals surface area contributed by atoms with Crippen molar-refractivity contribution >= 4 is 17.3 Å². The van der Waals surface area contributed by atoms with Crippen LogP contribution >= 0.6 is 0 Å². The maximum Gasteiger partial charge on any atom is 0.251 e. The van der Waals surface area contributed by atoms with E-state index in [1.807, 2.05) is 67.6 Å². The average Bonchev–Trinajstić information content (AvgIpc) is 3.33. The molecule has 4 rings (SSSR count). The highest BCUT2D eigenvalue weighted by molar-refractivity contribution is 5.95. The highest BCUT2D eigenvalue weighted by Gasteiger charge is 2.15. The van der Waals surface area contributed by atoms with Crippen LogP contribution in [0.1, 0.15) is 53.7 Å². The third-order valence-corrected chi connectivity index (χ3v) is 6.00. The highest BCUT2D eigenvalue weighted by atomic mass is 16.5. The van der Waals surface area contributed by atoms with Crippen LogP contribution in [0, 0.1) is 12.8 Å². The molecule has 0 spiro atoms. The molecule has 5 heteroatoms. The summed E-state index contributed by atoms with van der Waals surface area (Å²) in [4.78, 5) is 16.8. The summed E-state index contributed by atoms with van der Waals surface area (Å²) in [6.45, 7) is 3.21. The van der Waals surface area contributed by atoms with E-state index in [1.165, 1.54) is 25.7 Å². The average molecular weight is 430 g/mol. The Labute approximate surface area is 190 Å². The maximum atomic E-state index is 12.6. The van der Waals surface area contributed by atoms with Crippen LogP contribution in [0.25, 0.3) is 0 Å². The minimum Gasteiger partial charge on any atom is -0.487 e. The van der Waals surface area contributed by atoms with Crippen molar-refractivity contribution in [3.05, 3.63) is 83.7 Å². The zero-order valence-electron chi connectivity index (χ0n) is 18.6. The molecule has 1 heterocycles. The Balaban J connectivity index is 1.32. The predicted molar refractivity (Wildman–Crippen MR) is 128 cm³/mol. The second-order valence-electron chi connectivity index (χ2n) is 8.49. The van der Waals surface area contributed by atoms with Gasteiger partial charge in [0.15, 0.2) is 0 Å². The predicted octanol–water partition coefficient (Wildman–Crippen LogP) is 6.02. The Kier molecular flexibility index (Phi) is 7.38. The summed E-state index contributed by atoms with van der Waals surface area (Å²) < 4.78 is 5.91. The van der Waals surface area contributed by atoms with Crippen LogP contribution in [-0.2, 0) is 6.61 Å². The number of benzene rings is 2. The fourth-order valence-electron chi connectivity index (χ4n) is 4.22. The molecule has 3 aromatic rings. The third-order valence-electron chi connectivity index (χ3n) is 6.00. The van der Waals surface area contributed by atoms with Crippen molar-refractivity contribution in [2.75, 3.05) is 11.9 Å². The highest BCUT2D eigenvalue weighted by Crippen LogP contribution is 2.27. The standard InChI is InChI=1S/C27H31N3O2/c1-20-17-24(12-13-26(20)32-19-25-10-4-5-15-28-25)30-23-11-6-9-22(18-23)27(31)29-16-14-21-7-2-3-8-21/h4-6,9-13,15,17-18,21,30H,2-3,7-8,14,16,19H2,1H3,(H,29,31). The molecule has 2 N–H and O–H groups in total. The van der Waals surface area contributed by atoms with Gasteiger partial charge >= 0.3 is 0 Å². The van der Waals surface area contributed by atoms with E-state index in [4.69, 9.17) is 4.74 Å². The molecule has 166 valence electrons. The van der Waals surface area contributed by atoms with Gasteiger partial charge in [0, 0.05) is 29.7 Å². The number of nitrogens with one attached hydrogen (secondary N) is 2. The zero-order valence-corrected chi connectivity index (χ0v) is 18.6. The van der Waals surface area contributed by atoms with Crippen LogP contribution < -0.4 is 15.4 Å². The molecule has 5 nitrogen and oxygen atoms in total. The van der Waals surface area contributed by atoms with Gasteiger partial charge in [-0.15, -0.1) is 0 Å². The normalized spacial score (nSPS) is 13.7. The second-order valence-corrected chi connectivity index (χ2v) is 8.49. The molecule has 1 aliphatic rings. The van der Waals surface area contributed by atoms with Crippen molar-refractivity contribution in [2.45, 2.75) is 45.6 Å². The summed E-state index contributed by atoms with van der Waals surface area (Å²) >= 11 is 0.